The Labute approximate surface area is 95.1 Å². The lowest BCUT2D eigenvalue weighted by atomic mass is 9.96. The maximum absolute atomic E-state index is 10.5. The predicted octanol–water partition coefficient (Wildman–Crippen LogP) is 1.11. The van der Waals surface area contributed by atoms with Gasteiger partial charge in [-0.05, 0) is 12.8 Å². The number of hydrogen-bond acceptors (Lipinski definition) is 3. The molecule has 86 valence electrons. The van der Waals surface area contributed by atoms with Crippen molar-refractivity contribution >= 4 is 22.8 Å². The Morgan fingerprint density at radius 3 is 2.73 bits per heavy atom. The van der Waals surface area contributed by atoms with Crippen molar-refractivity contribution in [3.63, 3.8) is 0 Å². The zero-order valence-electron chi connectivity index (χ0n) is 9.38. The maximum Gasteiger partial charge on any atom is 0.219 e. The van der Waals surface area contributed by atoms with Gasteiger partial charge in [0.2, 0.25) is 5.91 Å². The van der Waals surface area contributed by atoms with Gasteiger partial charge in [-0.3, -0.25) is 9.79 Å². The molecule has 5 heteroatoms. The molecule has 0 aromatic rings. The van der Waals surface area contributed by atoms with Crippen LogP contribution in [0.25, 0.3) is 0 Å². The molecule has 1 saturated heterocycles. The van der Waals surface area contributed by atoms with E-state index in [2.05, 4.69) is 24.2 Å². The van der Waals surface area contributed by atoms with Gasteiger partial charge in [-0.1, -0.05) is 25.6 Å². The van der Waals surface area contributed by atoms with Crippen LogP contribution in [0, 0.1) is 0 Å². The van der Waals surface area contributed by atoms with Crippen LogP contribution in [-0.4, -0.2) is 28.9 Å². The average molecular weight is 229 g/mol. The fraction of sp³-hybridized carbons (Fsp3) is 0.800. The molecule has 0 aromatic carbocycles. The molecule has 3 N–H and O–H groups in total. The van der Waals surface area contributed by atoms with E-state index < -0.39 is 0 Å². The van der Waals surface area contributed by atoms with Crippen LogP contribution in [0.1, 0.15) is 33.1 Å². The maximum atomic E-state index is 10.5. The number of carbonyl (C=O) groups is 1. The van der Waals surface area contributed by atoms with Crippen LogP contribution in [-0.2, 0) is 4.79 Å². The lowest BCUT2D eigenvalue weighted by Crippen LogP contribution is -2.42. The third kappa shape index (κ3) is 3.41. The highest BCUT2D eigenvalue weighted by Gasteiger charge is 2.33. The summed E-state index contributed by atoms with van der Waals surface area (Å²) in [4.78, 5) is 14.9. The molecule has 1 heterocycles. The first-order valence-electron chi connectivity index (χ1n) is 5.35. The van der Waals surface area contributed by atoms with Gasteiger partial charge >= 0.3 is 0 Å². The van der Waals surface area contributed by atoms with E-state index >= 15 is 0 Å². The predicted molar refractivity (Wildman–Crippen MR) is 65.0 cm³/mol. The first kappa shape index (κ1) is 12.4. The van der Waals surface area contributed by atoms with Crippen molar-refractivity contribution in [2.75, 3.05) is 12.3 Å². The molecule has 0 aromatic heterocycles. The summed E-state index contributed by atoms with van der Waals surface area (Å²) in [7, 11) is 0. The van der Waals surface area contributed by atoms with Crippen molar-refractivity contribution in [1.29, 1.82) is 0 Å². The Morgan fingerprint density at radius 2 is 2.27 bits per heavy atom. The van der Waals surface area contributed by atoms with E-state index in [-0.39, 0.29) is 11.4 Å². The standard InChI is InChI=1S/C10H19N3OS/c1-3-10(4-2)7-15-9(13-10)12-6-5-8(11)14/h3-7H2,1-2H3,(H2,11,14)(H,12,13). The quantitative estimate of drug-likeness (QED) is 0.742. The second kappa shape index (κ2) is 5.39. The second-order valence-corrected chi connectivity index (χ2v) is 4.77. The van der Waals surface area contributed by atoms with E-state index in [1.807, 2.05) is 0 Å². The van der Waals surface area contributed by atoms with Crippen molar-refractivity contribution in [1.82, 2.24) is 5.32 Å². The van der Waals surface area contributed by atoms with Crippen molar-refractivity contribution < 1.29 is 4.79 Å². The van der Waals surface area contributed by atoms with Crippen LogP contribution in [0.5, 0.6) is 0 Å². The zero-order valence-corrected chi connectivity index (χ0v) is 10.2. The highest BCUT2D eigenvalue weighted by molar-refractivity contribution is 8.14. The zero-order chi connectivity index (χ0) is 11.3. The lowest BCUT2D eigenvalue weighted by molar-refractivity contribution is -0.117. The van der Waals surface area contributed by atoms with Crippen LogP contribution in [0.4, 0.5) is 0 Å². The summed E-state index contributed by atoms with van der Waals surface area (Å²) in [5, 5.41) is 4.40. The average Bonchev–Trinajstić information content (AvgIpc) is 2.62. The van der Waals surface area contributed by atoms with Gasteiger partial charge in [-0.15, -0.1) is 0 Å². The van der Waals surface area contributed by atoms with Crippen LogP contribution < -0.4 is 11.1 Å². The first-order valence-corrected chi connectivity index (χ1v) is 6.34. The number of nitrogens with one attached hydrogen (secondary N) is 1. The highest BCUT2D eigenvalue weighted by Crippen LogP contribution is 2.28. The van der Waals surface area contributed by atoms with Gasteiger partial charge in [-0.2, -0.15) is 0 Å². The second-order valence-electron chi connectivity index (χ2n) is 3.80. The number of nitrogens with zero attached hydrogens (tertiary/aromatic N) is 1. The SMILES string of the molecule is CCC1(CC)CSC(=NCCC(N)=O)N1. The minimum atomic E-state index is -0.292. The van der Waals surface area contributed by atoms with Gasteiger partial charge < -0.3 is 11.1 Å². The summed E-state index contributed by atoms with van der Waals surface area (Å²) in [5.41, 5.74) is 5.25. The van der Waals surface area contributed by atoms with Gasteiger partial charge in [0.05, 0.1) is 6.54 Å². The molecule has 1 aliphatic heterocycles. The summed E-state index contributed by atoms with van der Waals surface area (Å²) < 4.78 is 0. The fourth-order valence-electron chi connectivity index (χ4n) is 1.49. The molecular weight excluding hydrogens is 210 g/mol. The minimum Gasteiger partial charge on any atom is -0.370 e. The Hall–Kier alpha value is -0.710. The fourth-order valence-corrected chi connectivity index (χ4v) is 2.85. The van der Waals surface area contributed by atoms with Crippen molar-refractivity contribution in [2.24, 2.45) is 10.7 Å². The third-order valence-electron chi connectivity index (χ3n) is 2.82. The van der Waals surface area contributed by atoms with Gasteiger partial charge in [0.25, 0.3) is 0 Å². The number of rotatable bonds is 5. The van der Waals surface area contributed by atoms with Gasteiger partial charge in [0.1, 0.15) is 0 Å². The molecule has 4 nitrogen and oxygen atoms in total. The van der Waals surface area contributed by atoms with E-state index in [9.17, 15) is 4.79 Å². The highest BCUT2D eigenvalue weighted by atomic mass is 32.2. The van der Waals surface area contributed by atoms with E-state index in [0.717, 1.165) is 23.8 Å². The van der Waals surface area contributed by atoms with Crippen molar-refractivity contribution in [2.45, 2.75) is 38.6 Å². The molecule has 1 fully saturated rings. The van der Waals surface area contributed by atoms with E-state index in [4.69, 9.17) is 5.73 Å². The van der Waals surface area contributed by atoms with E-state index in [1.54, 1.807) is 11.8 Å². The molecule has 15 heavy (non-hydrogen) atoms. The Balaban J connectivity index is 2.44. The van der Waals surface area contributed by atoms with Gasteiger partial charge in [-0.25, -0.2) is 0 Å². The molecule has 0 bridgehead atoms. The number of hydrogen-bond donors (Lipinski definition) is 2. The van der Waals surface area contributed by atoms with E-state index in [1.165, 1.54) is 0 Å². The molecule has 1 amide bonds. The number of aliphatic imine (C=N–C) groups is 1. The summed E-state index contributed by atoms with van der Waals surface area (Å²) in [6, 6.07) is 0. The number of nitrogens with two attached hydrogens (primary N) is 1. The number of carbonyl (C=O) groups excluding carboxylic acids is 1. The smallest absolute Gasteiger partial charge is 0.219 e. The first-order chi connectivity index (χ1) is 7.12. The molecule has 1 aliphatic rings. The lowest BCUT2D eigenvalue weighted by Gasteiger charge is -2.25. The van der Waals surface area contributed by atoms with Gasteiger partial charge in [0, 0.05) is 17.7 Å². The van der Waals surface area contributed by atoms with Crippen molar-refractivity contribution in [3.8, 4) is 0 Å². The number of amidine groups is 1. The monoisotopic (exact) mass is 229 g/mol. The van der Waals surface area contributed by atoms with Crippen LogP contribution in [0.2, 0.25) is 0 Å². The molecule has 0 saturated carbocycles. The summed E-state index contributed by atoms with van der Waals surface area (Å²) in [6.07, 6.45) is 2.54. The third-order valence-corrected chi connectivity index (χ3v) is 4.03. The summed E-state index contributed by atoms with van der Waals surface area (Å²) in [5.74, 6) is 0.773. The summed E-state index contributed by atoms with van der Waals surface area (Å²) >= 11 is 1.74. The van der Waals surface area contributed by atoms with E-state index in [0.29, 0.717) is 13.0 Å². The molecule has 0 atom stereocenters. The Kier molecular flexibility index (Phi) is 4.45. The topological polar surface area (TPSA) is 67.5 Å². The van der Waals surface area contributed by atoms with Crippen LogP contribution in [0.15, 0.2) is 4.99 Å². The molecule has 0 spiro atoms. The Bertz CT molecular complexity index is 261. The van der Waals surface area contributed by atoms with Crippen LogP contribution in [0.3, 0.4) is 0 Å². The number of amides is 1. The molecule has 1 rings (SSSR count). The minimum absolute atomic E-state index is 0.205. The molecule has 0 aliphatic carbocycles. The molecular formula is C10H19N3OS. The number of primary amides is 1. The summed E-state index contributed by atoms with van der Waals surface area (Å²) in [6.45, 7) is 4.86. The Morgan fingerprint density at radius 1 is 1.60 bits per heavy atom. The number of thioether (sulfide) groups is 1. The van der Waals surface area contributed by atoms with Gasteiger partial charge in [0.15, 0.2) is 5.17 Å². The van der Waals surface area contributed by atoms with Crippen LogP contribution >= 0.6 is 11.8 Å². The largest absolute Gasteiger partial charge is 0.370 e. The molecule has 0 radical (unpaired) electrons. The normalized spacial score (nSPS) is 21.6. The molecule has 0 unspecified atom stereocenters. The van der Waals surface area contributed by atoms with Crippen molar-refractivity contribution in [3.05, 3.63) is 0 Å².